The maximum absolute atomic E-state index is 9.45. The van der Waals surface area contributed by atoms with Crippen molar-refractivity contribution in [1.82, 2.24) is 4.90 Å². The molecule has 3 heteroatoms. The fourth-order valence-corrected chi connectivity index (χ4v) is 2.43. The number of nitrogens with zero attached hydrogens (tertiary/aromatic N) is 2. The summed E-state index contributed by atoms with van der Waals surface area (Å²) in [6, 6.07) is 3.28. The van der Waals surface area contributed by atoms with Crippen LogP contribution in [-0.4, -0.2) is 34.7 Å². The van der Waals surface area contributed by atoms with Gasteiger partial charge in [-0.2, -0.15) is 5.26 Å². The predicted octanol–water partition coefficient (Wildman–Crippen LogP) is 1.91. The molecule has 0 atom stereocenters. The summed E-state index contributed by atoms with van der Waals surface area (Å²) in [6.07, 6.45) is 4.50. The van der Waals surface area contributed by atoms with Gasteiger partial charge in [0.1, 0.15) is 0 Å². The van der Waals surface area contributed by atoms with E-state index < -0.39 is 0 Å². The summed E-state index contributed by atoms with van der Waals surface area (Å²) in [4.78, 5) is 2.41. The monoisotopic (exact) mass is 210 g/mol. The zero-order valence-electron chi connectivity index (χ0n) is 9.82. The van der Waals surface area contributed by atoms with E-state index in [1.54, 1.807) is 0 Å². The largest absolute Gasteiger partial charge is 0.393 e. The smallest absolute Gasteiger partial charge is 0.0635 e. The van der Waals surface area contributed by atoms with E-state index >= 15 is 0 Å². The summed E-state index contributed by atoms with van der Waals surface area (Å²) in [5.41, 5.74) is 0. The van der Waals surface area contributed by atoms with Gasteiger partial charge in [0.15, 0.2) is 0 Å². The number of nitriles is 1. The third-order valence-corrected chi connectivity index (χ3v) is 3.28. The minimum atomic E-state index is -0.0915. The van der Waals surface area contributed by atoms with Crippen molar-refractivity contribution in [3.05, 3.63) is 0 Å². The van der Waals surface area contributed by atoms with Gasteiger partial charge in [0.05, 0.1) is 12.2 Å². The lowest BCUT2D eigenvalue weighted by molar-refractivity contribution is 0.0605. The third-order valence-electron chi connectivity index (χ3n) is 3.28. The Balaban J connectivity index is 2.45. The van der Waals surface area contributed by atoms with Gasteiger partial charge < -0.3 is 5.11 Å². The third kappa shape index (κ3) is 3.81. The van der Waals surface area contributed by atoms with Gasteiger partial charge in [0, 0.05) is 25.0 Å². The van der Waals surface area contributed by atoms with E-state index in [-0.39, 0.29) is 6.10 Å². The van der Waals surface area contributed by atoms with E-state index in [2.05, 4.69) is 24.8 Å². The number of aliphatic hydroxyl groups is 1. The van der Waals surface area contributed by atoms with Crippen molar-refractivity contribution in [1.29, 1.82) is 5.26 Å². The molecule has 1 saturated carbocycles. The molecule has 0 radical (unpaired) electrons. The quantitative estimate of drug-likeness (QED) is 0.771. The van der Waals surface area contributed by atoms with Gasteiger partial charge in [0.2, 0.25) is 0 Å². The van der Waals surface area contributed by atoms with E-state index in [9.17, 15) is 5.11 Å². The van der Waals surface area contributed by atoms with Crippen molar-refractivity contribution in [2.24, 2.45) is 0 Å². The van der Waals surface area contributed by atoms with Crippen LogP contribution in [0.5, 0.6) is 0 Å². The van der Waals surface area contributed by atoms with E-state index in [4.69, 9.17) is 5.26 Å². The summed E-state index contributed by atoms with van der Waals surface area (Å²) in [5.74, 6) is 0. The maximum Gasteiger partial charge on any atom is 0.0635 e. The second-order valence-electron chi connectivity index (χ2n) is 4.70. The molecule has 0 aromatic carbocycles. The average Bonchev–Trinajstić information content (AvgIpc) is 2.21. The topological polar surface area (TPSA) is 47.3 Å². The van der Waals surface area contributed by atoms with E-state index in [1.807, 2.05) is 0 Å². The van der Waals surface area contributed by atoms with Crippen LogP contribution in [0.1, 0.15) is 46.0 Å². The van der Waals surface area contributed by atoms with Crippen LogP contribution in [0.15, 0.2) is 0 Å². The van der Waals surface area contributed by atoms with E-state index in [1.165, 1.54) is 0 Å². The highest BCUT2D eigenvalue weighted by Crippen LogP contribution is 2.24. The minimum Gasteiger partial charge on any atom is -0.393 e. The molecule has 1 fully saturated rings. The van der Waals surface area contributed by atoms with Crippen molar-refractivity contribution in [3.8, 4) is 6.07 Å². The lowest BCUT2D eigenvalue weighted by Gasteiger charge is -2.38. The number of rotatable bonds is 4. The number of hydrogen-bond donors (Lipinski definition) is 1. The summed E-state index contributed by atoms with van der Waals surface area (Å²) in [6.45, 7) is 5.24. The predicted molar refractivity (Wildman–Crippen MR) is 60.3 cm³/mol. The van der Waals surface area contributed by atoms with Gasteiger partial charge in [-0.1, -0.05) is 0 Å². The highest BCUT2D eigenvalue weighted by molar-refractivity contribution is 4.83. The molecule has 0 aliphatic heterocycles. The van der Waals surface area contributed by atoms with Gasteiger partial charge in [0.25, 0.3) is 0 Å². The summed E-state index contributed by atoms with van der Waals surface area (Å²) < 4.78 is 0. The van der Waals surface area contributed by atoms with Crippen LogP contribution in [0.25, 0.3) is 0 Å². The molecule has 1 aliphatic rings. The van der Waals surface area contributed by atoms with Gasteiger partial charge >= 0.3 is 0 Å². The second-order valence-corrected chi connectivity index (χ2v) is 4.70. The molecule has 3 nitrogen and oxygen atoms in total. The first kappa shape index (κ1) is 12.5. The molecule has 15 heavy (non-hydrogen) atoms. The Morgan fingerprint density at radius 1 is 1.33 bits per heavy atom. The van der Waals surface area contributed by atoms with E-state index in [0.29, 0.717) is 18.5 Å². The molecule has 0 spiro atoms. The maximum atomic E-state index is 9.45. The van der Waals surface area contributed by atoms with Crippen molar-refractivity contribution in [3.63, 3.8) is 0 Å². The number of aliphatic hydroxyl groups excluding tert-OH is 1. The molecule has 0 heterocycles. The molecule has 1 aliphatic carbocycles. The molecule has 1 N–H and O–H groups in total. The summed E-state index contributed by atoms with van der Waals surface area (Å²) >= 11 is 0. The normalized spacial score (nSPS) is 26.9. The Morgan fingerprint density at radius 3 is 2.40 bits per heavy atom. The van der Waals surface area contributed by atoms with Crippen LogP contribution < -0.4 is 0 Å². The van der Waals surface area contributed by atoms with Gasteiger partial charge in [-0.25, -0.2) is 0 Å². The average molecular weight is 210 g/mol. The molecule has 0 saturated heterocycles. The Morgan fingerprint density at radius 2 is 1.93 bits per heavy atom. The van der Waals surface area contributed by atoms with Crippen molar-refractivity contribution >= 4 is 0 Å². The standard InChI is InChI=1S/C12H22N2O/c1-10(2)14(9-3-8-13)11-4-6-12(15)7-5-11/h10-12,15H,3-7,9H2,1-2H3. The molecule has 0 aromatic heterocycles. The molecule has 86 valence electrons. The van der Waals surface area contributed by atoms with Crippen molar-refractivity contribution < 1.29 is 5.11 Å². The fourth-order valence-electron chi connectivity index (χ4n) is 2.43. The first-order valence-corrected chi connectivity index (χ1v) is 5.96. The van der Waals surface area contributed by atoms with Crippen LogP contribution >= 0.6 is 0 Å². The van der Waals surface area contributed by atoms with Crippen LogP contribution in [-0.2, 0) is 0 Å². The highest BCUT2D eigenvalue weighted by atomic mass is 16.3. The summed E-state index contributed by atoms with van der Waals surface area (Å²) in [5, 5.41) is 18.1. The second kappa shape index (κ2) is 6.09. The first-order chi connectivity index (χ1) is 7.15. The molecular formula is C12H22N2O. The van der Waals surface area contributed by atoms with Gasteiger partial charge in [-0.05, 0) is 39.5 Å². The minimum absolute atomic E-state index is 0.0915. The molecule has 0 amide bonds. The molecule has 1 rings (SSSR count). The van der Waals surface area contributed by atoms with E-state index in [0.717, 1.165) is 32.2 Å². The zero-order chi connectivity index (χ0) is 11.3. The summed E-state index contributed by atoms with van der Waals surface area (Å²) in [7, 11) is 0. The van der Waals surface area contributed by atoms with Crippen LogP contribution in [0.4, 0.5) is 0 Å². The van der Waals surface area contributed by atoms with Crippen LogP contribution in [0.2, 0.25) is 0 Å². The Labute approximate surface area is 92.7 Å². The first-order valence-electron chi connectivity index (χ1n) is 5.96. The highest BCUT2D eigenvalue weighted by Gasteiger charge is 2.25. The Bertz CT molecular complexity index is 214. The number of hydrogen-bond acceptors (Lipinski definition) is 3. The lowest BCUT2D eigenvalue weighted by atomic mass is 9.91. The van der Waals surface area contributed by atoms with Crippen molar-refractivity contribution in [2.75, 3.05) is 6.54 Å². The Hall–Kier alpha value is -0.590. The lowest BCUT2D eigenvalue weighted by Crippen LogP contribution is -2.43. The van der Waals surface area contributed by atoms with Crippen molar-refractivity contribution in [2.45, 2.75) is 64.1 Å². The van der Waals surface area contributed by atoms with Crippen LogP contribution in [0, 0.1) is 11.3 Å². The Kier molecular flexibility index (Phi) is 5.07. The molecule has 0 aromatic rings. The molecule has 0 bridgehead atoms. The fraction of sp³-hybridized carbons (Fsp3) is 0.917. The molecular weight excluding hydrogens is 188 g/mol. The van der Waals surface area contributed by atoms with Crippen LogP contribution in [0.3, 0.4) is 0 Å². The van der Waals surface area contributed by atoms with Gasteiger partial charge in [-0.15, -0.1) is 0 Å². The molecule has 0 unspecified atom stereocenters. The zero-order valence-corrected chi connectivity index (χ0v) is 9.82. The SMILES string of the molecule is CC(C)N(CCC#N)C1CCC(O)CC1. The van der Waals surface area contributed by atoms with Gasteiger partial charge in [-0.3, -0.25) is 4.90 Å².